The molecule has 1 N–H and O–H groups in total. The molecule has 0 aromatic rings. The molecule has 2 unspecified atom stereocenters. The van der Waals surface area contributed by atoms with Gasteiger partial charge in [0.15, 0.2) is 5.78 Å². The maximum Gasteiger partial charge on any atom is 0.425 e. The second-order valence-corrected chi connectivity index (χ2v) is 8.91. The largest absolute Gasteiger partial charge is 0.425 e. The van der Waals surface area contributed by atoms with E-state index in [1.54, 1.807) is 0 Å². The molecule has 2 aliphatic heterocycles. The molecule has 0 radical (unpaired) electrons. The second kappa shape index (κ2) is 9.30. The number of nitrogens with zero attached hydrogens (tertiary/aromatic N) is 1. The maximum atomic E-state index is 14.4. The first kappa shape index (κ1) is 23.8. The van der Waals surface area contributed by atoms with Crippen LogP contribution in [-0.2, 0) is 19.1 Å². The van der Waals surface area contributed by atoms with Gasteiger partial charge in [-0.3, -0.25) is 14.4 Å². The van der Waals surface area contributed by atoms with Crippen molar-refractivity contribution in [2.45, 2.75) is 89.5 Å². The highest BCUT2D eigenvalue weighted by Gasteiger charge is 2.69. The third-order valence-electron chi connectivity index (χ3n) is 6.73. The Morgan fingerprint density at radius 2 is 1.84 bits per heavy atom. The Labute approximate surface area is 180 Å². The zero-order valence-electron chi connectivity index (χ0n) is 18.1. The van der Waals surface area contributed by atoms with Crippen LogP contribution < -0.4 is 5.32 Å². The first-order chi connectivity index (χ1) is 14.6. The van der Waals surface area contributed by atoms with Crippen molar-refractivity contribution in [1.82, 2.24) is 10.2 Å². The highest BCUT2D eigenvalue weighted by Crippen LogP contribution is 2.45. The summed E-state index contributed by atoms with van der Waals surface area (Å²) in [7, 11) is 0. The molecule has 9 heteroatoms. The molecule has 1 aliphatic carbocycles. The van der Waals surface area contributed by atoms with Gasteiger partial charge in [0.1, 0.15) is 0 Å². The summed E-state index contributed by atoms with van der Waals surface area (Å²) in [4.78, 5) is 39.1. The van der Waals surface area contributed by atoms with E-state index in [0.29, 0.717) is 25.4 Å². The number of hydrogen-bond acceptors (Lipinski definition) is 4. The number of ketones is 1. The first-order valence-electron chi connectivity index (χ1n) is 11.1. The van der Waals surface area contributed by atoms with E-state index in [4.69, 9.17) is 4.74 Å². The molecule has 2 heterocycles. The van der Waals surface area contributed by atoms with E-state index in [-0.39, 0.29) is 18.7 Å². The van der Waals surface area contributed by atoms with Crippen LogP contribution in [0.2, 0.25) is 0 Å². The van der Waals surface area contributed by atoms with E-state index in [2.05, 4.69) is 0 Å². The van der Waals surface area contributed by atoms with E-state index >= 15 is 0 Å². The Morgan fingerprint density at radius 3 is 2.39 bits per heavy atom. The van der Waals surface area contributed by atoms with Gasteiger partial charge in [-0.05, 0) is 39.0 Å². The van der Waals surface area contributed by atoms with Crippen LogP contribution in [0, 0.1) is 5.92 Å². The van der Waals surface area contributed by atoms with Gasteiger partial charge in [-0.15, -0.1) is 0 Å². The van der Waals surface area contributed by atoms with Crippen LogP contribution in [0.3, 0.4) is 0 Å². The number of Topliss-reactive ketones (excluding diaryl/α,β-unsaturated/α-hetero) is 1. The fourth-order valence-corrected chi connectivity index (χ4v) is 5.13. The lowest BCUT2D eigenvalue weighted by molar-refractivity contribution is -0.195. The SMILES string of the molecule is CC(=O)C1=C(C)N(CC2CCCO2)C(=O)C1(NC(=O)CCC1CCCCC1)C(F)(F)F. The van der Waals surface area contributed by atoms with Crippen molar-refractivity contribution in [1.29, 1.82) is 0 Å². The summed E-state index contributed by atoms with van der Waals surface area (Å²) in [5.74, 6) is -2.77. The predicted molar refractivity (Wildman–Crippen MR) is 107 cm³/mol. The van der Waals surface area contributed by atoms with E-state index in [0.717, 1.165) is 50.3 Å². The predicted octanol–water partition coefficient (Wildman–Crippen LogP) is 3.65. The minimum atomic E-state index is -5.15. The Kier molecular flexibility index (Phi) is 7.13. The molecule has 174 valence electrons. The molecule has 0 bridgehead atoms. The minimum Gasteiger partial charge on any atom is -0.376 e. The third-order valence-corrected chi connectivity index (χ3v) is 6.73. The monoisotopic (exact) mass is 444 g/mol. The van der Waals surface area contributed by atoms with Crippen molar-refractivity contribution in [2.75, 3.05) is 13.2 Å². The average Bonchev–Trinajstić information content (AvgIpc) is 3.28. The fourth-order valence-electron chi connectivity index (χ4n) is 5.13. The average molecular weight is 444 g/mol. The van der Waals surface area contributed by atoms with Gasteiger partial charge in [0.25, 0.3) is 5.91 Å². The Balaban J connectivity index is 1.85. The summed E-state index contributed by atoms with van der Waals surface area (Å²) >= 11 is 0. The standard InChI is InChI=1S/C22H31F3N2O4/c1-14-19(15(2)28)21(22(23,24)25,20(30)27(14)13-17-9-6-12-31-17)26-18(29)11-10-16-7-4-3-5-8-16/h16-17H,3-13H2,1-2H3,(H,26,29). The highest BCUT2D eigenvalue weighted by atomic mass is 19.4. The molecule has 31 heavy (non-hydrogen) atoms. The topological polar surface area (TPSA) is 75.7 Å². The number of ether oxygens (including phenoxy) is 1. The van der Waals surface area contributed by atoms with Gasteiger partial charge in [-0.25, -0.2) is 0 Å². The first-order valence-corrected chi connectivity index (χ1v) is 11.1. The van der Waals surface area contributed by atoms with Gasteiger partial charge in [0.2, 0.25) is 11.4 Å². The number of allylic oxidation sites excluding steroid dienone is 1. The molecule has 3 rings (SSSR count). The lowest BCUT2D eigenvalue weighted by Crippen LogP contribution is -2.66. The number of halogens is 3. The summed E-state index contributed by atoms with van der Waals surface area (Å²) in [6, 6.07) is 0. The van der Waals surface area contributed by atoms with Gasteiger partial charge >= 0.3 is 6.18 Å². The highest BCUT2D eigenvalue weighted by molar-refractivity contribution is 6.12. The summed E-state index contributed by atoms with van der Waals surface area (Å²) in [6.45, 7) is 2.73. The number of amides is 2. The van der Waals surface area contributed by atoms with Crippen LogP contribution in [0.15, 0.2) is 11.3 Å². The minimum absolute atomic E-state index is 0.0714. The number of alkyl halides is 3. The summed E-state index contributed by atoms with van der Waals surface area (Å²) in [5.41, 5.74) is -4.11. The molecule has 1 saturated heterocycles. The van der Waals surface area contributed by atoms with Crippen LogP contribution >= 0.6 is 0 Å². The van der Waals surface area contributed by atoms with Crippen molar-refractivity contribution in [2.24, 2.45) is 5.92 Å². The van der Waals surface area contributed by atoms with Gasteiger partial charge in [0.05, 0.1) is 18.2 Å². The molecular weight excluding hydrogens is 413 g/mol. The van der Waals surface area contributed by atoms with E-state index in [1.165, 1.54) is 6.92 Å². The number of rotatable bonds is 7. The number of hydrogen-bond donors (Lipinski definition) is 1. The number of carbonyl (C=O) groups is 3. The molecular formula is C22H31F3N2O4. The van der Waals surface area contributed by atoms with Crippen LogP contribution in [0.5, 0.6) is 0 Å². The third kappa shape index (κ3) is 4.66. The molecule has 1 saturated carbocycles. The van der Waals surface area contributed by atoms with Gasteiger partial charge in [-0.2, -0.15) is 13.2 Å². The van der Waals surface area contributed by atoms with E-state index in [1.807, 2.05) is 5.32 Å². The van der Waals surface area contributed by atoms with E-state index < -0.39 is 41.0 Å². The Morgan fingerprint density at radius 1 is 1.16 bits per heavy atom. The van der Waals surface area contributed by atoms with Crippen LogP contribution in [0.4, 0.5) is 13.2 Å². The van der Waals surface area contributed by atoms with Crippen molar-refractivity contribution < 1.29 is 32.3 Å². The van der Waals surface area contributed by atoms with Crippen molar-refractivity contribution in [3.05, 3.63) is 11.3 Å². The molecule has 2 amide bonds. The lowest BCUT2D eigenvalue weighted by Gasteiger charge is -2.33. The molecule has 0 aromatic carbocycles. The summed E-state index contributed by atoms with van der Waals surface area (Å²) in [5, 5.41) is 1.96. The van der Waals surface area contributed by atoms with Gasteiger partial charge < -0.3 is 15.0 Å². The molecule has 2 atom stereocenters. The maximum absolute atomic E-state index is 14.4. The van der Waals surface area contributed by atoms with Gasteiger partial charge in [0, 0.05) is 18.7 Å². The van der Waals surface area contributed by atoms with Crippen LogP contribution in [-0.4, -0.2) is 53.5 Å². The molecule has 0 spiro atoms. The summed E-state index contributed by atoms with van der Waals surface area (Å²) < 4.78 is 48.7. The zero-order chi connectivity index (χ0) is 22.8. The Hall–Kier alpha value is -1.90. The van der Waals surface area contributed by atoms with Crippen molar-refractivity contribution >= 4 is 17.6 Å². The van der Waals surface area contributed by atoms with Gasteiger partial charge in [-0.1, -0.05) is 32.1 Å². The molecule has 3 aliphatic rings. The zero-order valence-corrected chi connectivity index (χ0v) is 18.1. The Bertz CT molecular complexity index is 752. The second-order valence-electron chi connectivity index (χ2n) is 8.91. The number of nitrogens with one attached hydrogen (secondary N) is 1. The van der Waals surface area contributed by atoms with Crippen molar-refractivity contribution in [3.63, 3.8) is 0 Å². The van der Waals surface area contributed by atoms with E-state index in [9.17, 15) is 27.6 Å². The lowest BCUT2D eigenvalue weighted by atomic mass is 9.85. The summed E-state index contributed by atoms with van der Waals surface area (Å²) in [6.07, 6.45) is 1.40. The smallest absolute Gasteiger partial charge is 0.376 e. The molecule has 0 aromatic heterocycles. The quantitative estimate of drug-likeness (QED) is 0.651. The number of carbonyl (C=O) groups excluding carboxylic acids is 3. The normalized spacial score (nSPS) is 27.8. The molecule has 6 nitrogen and oxygen atoms in total. The van der Waals surface area contributed by atoms with Crippen molar-refractivity contribution in [3.8, 4) is 0 Å². The molecule has 2 fully saturated rings. The van der Waals surface area contributed by atoms with Crippen LogP contribution in [0.25, 0.3) is 0 Å². The fraction of sp³-hybridized carbons (Fsp3) is 0.773. The van der Waals surface area contributed by atoms with Crippen LogP contribution in [0.1, 0.15) is 71.6 Å².